The summed E-state index contributed by atoms with van der Waals surface area (Å²) in [7, 11) is 0. The average Bonchev–Trinajstić information content (AvgIpc) is 0.811. The molecule has 0 aliphatic heterocycles. The zero-order chi connectivity index (χ0) is 3.58. The molecule has 7 heavy (non-hydrogen) atoms. The Hall–Kier alpha value is 1.19. The molecule has 0 rings (SSSR count). The van der Waals surface area contributed by atoms with Crippen LogP contribution < -0.4 is 10.2 Å². The molecule has 0 radical (unpaired) electrons. The minimum absolute atomic E-state index is 0. The van der Waals surface area contributed by atoms with Crippen LogP contribution in [0.1, 0.15) is 0 Å². The summed E-state index contributed by atoms with van der Waals surface area (Å²) in [5.74, 6) is 0. The second-order valence-corrected chi connectivity index (χ2v) is 0.250. The molecular formula is CAlMgO3Zn+5. The van der Waals surface area contributed by atoms with E-state index in [1.807, 2.05) is 0 Å². The van der Waals surface area contributed by atoms with Crippen LogP contribution >= 0.6 is 0 Å². The van der Waals surface area contributed by atoms with Crippen LogP contribution in [0.15, 0.2) is 0 Å². The van der Waals surface area contributed by atoms with Crippen LogP contribution in [0, 0.1) is 0 Å². The molecule has 0 heterocycles. The molecule has 0 amide bonds. The summed E-state index contributed by atoms with van der Waals surface area (Å²) in [5.41, 5.74) is 0. The van der Waals surface area contributed by atoms with Gasteiger partial charge in [0.2, 0.25) is 0 Å². The normalized spacial score (nSPS) is 3.43. The first kappa shape index (κ1) is 24.1. The van der Waals surface area contributed by atoms with Gasteiger partial charge in [0.25, 0.3) is 0 Å². The van der Waals surface area contributed by atoms with E-state index < -0.39 is 6.16 Å². The Balaban J connectivity index is -0.0000000150. The van der Waals surface area contributed by atoms with Crippen molar-refractivity contribution in [3.8, 4) is 0 Å². The van der Waals surface area contributed by atoms with E-state index in [0.717, 1.165) is 0 Å². The molecule has 3 nitrogen and oxygen atoms in total. The fourth-order valence-electron chi connectivity index (χ4n) is 0. The van der Waals surface area contributed by atoms with Crippen LogP contribution in [0.25, 0.3) is 0 Å². The van der Waals surface area contributed by atoms with Crippen molar-refractivity contribution in [2.45, 2.75) is 0 Å². The van der Waals surface area contributed by atoms with Gasteiger partial charge >= 0.3 is 59.9 Å². The number of carboxylic acid groups (broad SMARTS) is 2. The Labute approximate surface area is 80.5 Å². The van der Waals surface area contributed by atoms with E-state index in [9.17, 15) is 0 Å². The first-order valence-electron chi connectivity index (χ1n) is 0.612. The molecule has 24 valence electrons. The predicted molar refractivity (Wildman–Crippen MR) is 16.9 cm³/mol. The molecule has 0 unspecified atom stereocenters. The van der Waals surface area contributed by atoms with E-state index in [2.05, 4.69) is 0 Å². The second-order valence-electron chi connectivity index (χ2n) is 0.250. The molecule has 0 aromatic heterocycles. The van der Waals surface area contributed by atoms with E-state index in [1.165, 1.54) is 0 Å². The first-order valence-corrected chi connectivity index (χ1v) is 0.612. The molecule has 0 saturated carbocycles. The van der Waals surface area contributed by atoms with E-state index in [1.54, 1.807) is 0 Å². The van der Waals surface area contributed by atoms with Gasteiger partial charge in [-0.2, -0.15) is 0 Å². The fourth-order valence-corrected chi connectivity index (χ4v) is 0. The van der Waals surface area contributed by atoms with E-state index in [-0.39, 0.29) is 59.9 Å². The molecule has 0 fully saturated rings. The molecule has 6 heteroatoms. The van der Waals surface area contributed by atoms with Crippen molar-refractivity contribution < 1.29 is 34.5 Å². The Bertz CT molecular complexity index is 37.9. The quantitative estimate of drug-likeness (QED) is 0.365. The molecule has 0 saturated heterocycles. The van der Waals surface area contributed by atoms with Gasteiger partial charge in [0.1, 0.15) is 0 Å². The minimum Gasteiger partial charge on any atom is -0.652 e. The van der Waals surface area contributed by atoms with Crippen molar-refractivity contribution in [3.63, 3.8) is 0 Å². The summed E-state index contributed by atoms with van der Waals surface area (Å²) in [6, 6.07) is 0. The molecule has 0 bridgehead atoms. The van der Waals surface area contributed by atoms with Gasteiger partial charge in [-0.15, -0.1) is 0 Å². The number of carbonyl (C=O) groups excluding carboxylic acids is 1. The summed E-state index contributed by atoms with van der Waals surface area (Å²) in [6.45, 7) is 0. The molecule has 0 aromatic carbocycles. The summed E-state index contributed by atoms with van der Waals surface area (Å²) in [4.78, 5) is 8.33. The maximum atomic E-state index is 8.33. The number of rotatable bonds is 0. The smallest absolute Gasteiger partial charge is 0.652 e. The maximum absolute atomic E-state index is 8.33. The van der Waals surface area contributed by atoms with Crippen LogP contribution in [0.3, 0.4) is 0 Å². The van der Waals surface area contributed by atoms with E-state index in [0.29, 0.717) is 0 Å². The topological polar surface area (TPSA) is 63.2 Å². The van der Waals surface area contributed by atoms with E-state index >= 15 is 0 Å². The Morgan fingerprint density at radius 2 is 1.29 bits per heavy atom. The van der Waals surface area contributed by atoms with Gasteiger partial charge in [-0.3, -0.25) is 0 Å². The first-order chi connectivity index (χ1) is 1.73. The molecule has 0 aliphatic rings. The van der Waals surface area contributed by atoms with Crippen LogP contribution in [-0.2, 0) is 19.5 Å². The van der Waals surface area contributed by atoms with Crippen LogP contribution in [0.4, 0.5) is 4.79 Å². The third-order valence-electron chi connectivity index (χ3n) is 0. The van der Waals surface area contributed by atoms with Gasteiger partial charge < -0.3 is 15.0 Å². The van der Waals surface area contributed by atoms with Gasteiger partial charge in [-0.1, -0.05) is 0 Å². The third-order valence-corrected chi connectivity index (χ3v) is 0. The van der Waals surface area contributed by atoms with Crippen molar-refractivity contribution in [1.29, 1.82) is 0 Å². The zero-order valence-corrected chi connectivity index (χ0v) is 9.25. The molecule has 0 aliphatic carbocycles. The van der Waals surface area contributed by atoms with Crippen LogP contribution in [0.2, 0.25) is 0 Å². The number of hydrogen-bond acceptors (Lipinski definition) is 3. The molecular weight excluding hydrogens is 177 g/mol. The Morgan fingerprint density at radius 1 is 1.29 bits per heavy atom. The zero-order valence-electron chi connectivity index (χ0n) is 3.72. The molecule has 0 atom stereocenters. The summed E-state index contributed by atoms with van der Waals surface area (Å²) in [6.07, 6.45) is -2.33. The van der Waals surface area contributed by atoms with Gasteiger partial charge in [0.05, 0.1) is 0 Å². The monoisotopic (exact) mass is 175 g/mol. The number of carbonyl (C=O) groups is 1. The molecule has 0 N–H and O–H groups in total. The molecule has 0 spiro atoms. The van der Waals surface area contributed by atoms with Crippen LogP contribution in [0.5, 0.6) is 0 Å². The van der Waals surface area contributed by atoms with Crippen molar-refractivity contribution in [2.24, 2.45) is 0 Å². The Morgan fingerprint density at radius 3 is 1.29 bits per heavy atom. The maximum Gasteiger partial charge on any atom is 3.00 e. The summed E-state index contributed by atoms with van der Waals surface area (Å²) >= 11 is 0. The summed E-state index contributed by atoms with van der Waals surface area (Å²) < 4.78 is 0. The van der Waals surface area contributed by atoms with Crippen molar-refractivity contribution in [1.82, 2.24) is 0 Å². The predicted octanol–water partition coefficient (Wildman–Crippen LogP) is -3.21. The van der Waals surface area contributed by atoms with Gasteiger partial charge in [-0.25, -0.2) is 0 Å². The van der Waals surface area contributed by atoms with Crippen molar-refractivity contribution in [2.75, 3.05) is 0 Å². The largest absolute Gasteiger partial charge is 3.00 e. The van der Waals surface area contributed by atoms with E-state index in [4.69, 9.17) is 15.0 Å². The minimum atomic E-state index is -2.33. The standard InChI is InChI=1S/CH2O3.Al.Mg.Zn/c2-1(3)4;;;/h(H2,2,3,4);;;/q;+3;2*+2/p-2. The van der Waals surface area contributed by atoms with Gasteiger partial charge in [0, 0.05) is 0 Å². The van der Waals surface area contributed by atoms with Crippen molar-refractivity contribution in [3.05, 3.63) is 0 Å². The number of hydrogen-bond donors (Lipinski definition) is 0. The second kappa shape index (κ2) is 15.7. The van der Waals surface area contributed by atoms with Gasteiger partial charge in [0.15, 0.2) is 0 Å². The SMILES string of the molecule is O=C([O-])[O-].[Al+3].[Mg+2].[Zn+2]. The average molecular weight is 177 g/mol. The van der Waals surface area contributed by atoms with Crippen LogP contribution in [-0.4, -0.2) is 46.6 Å². The molecule has 0 aromatic rings. The summed E-state index contributed by atoms with van der Waals surface area (Å²) in [5, 5.41) is 16.7. The van der Waals surface area contributed by atoms with Gasteiger partial charge in [-0.05, 0) is 6.16 Å². The Kier molecular flexibility index (Phi) is 54.1. The third kappa shape index (κ3) is 136. The van der Waals surface area contributed by atoms with Crippen molar-refractivity contribution >= 4 is 46.6 Å². The fraction of sp³-hybridized carbons (Fsp3) is 0.